The zero-order valence-corrected chi connectivity index (χ0v) is 13.2. The highest BCUT2D eigenvalue weighted by Crippen LogP contribution is 2.29. The van der Waals surface area contributed by atoms with Gasteiger partial charge in [-0.05, 0) is 62.6 Å². The summed E-state index contributed by atoms with van der Waals surface area (Å²) in [5.41, 5.74) is 4.89. The molecule has 0 atom stereocenters. The molecule has 116 valence electrons. The number of hydrogen-bond donors (Lipinski definition) is 3. The van der Waals surface area contributed by atoms with Gasteiger partial charge in [0.2, 0.25) is 0 Å². The largest absolute Gasteiger partial charge is 0.396 e. The minimum Gasteiger partial charge on any atom is -0.396 e. The van der Waals surface area contributed by atoms with Gasteiger partial charge in [0.15, 0.2) is 0 Å². The van der Waals surface area contributed by atoms with Crippen LogP contribution in [0, 0.1) is 26.7 Å². The molecule has 0 spiro atoms. The summed E-state index contributed by atoms with van der Waals surface area (Å²) in [4.78, 5) is 11.9. The Balaban J connectivity index is 1.77. The lowest BCUT2D eigenvalue weighted by Crippen LogP contribution is -2.48. The Morgan fingerprint density at radius 2 is 1.86 bits per heavy atom. The van der Waals surface area contributed by atoms with Crippen LogP contribution in [0.1, 0.15) is 41.5 Å². The van der Waals surface area contributed by atoms with E-state index in [9.17, 15) is 4.79 Å². The Bertz CT molecular complexity index is 485. The monoisotopic (exact) mass is 290 g/mol. The van der Waals surface area contributed by atoms with E-state index in [2.05, 4.69) is 43.5 Å². The molecule has 0 saturated heterocycles. The van der Waals surface area contributed by atoms with Gasteiger partial charge in [0, 0.05) is 19.2 Å². The molecule has 0 aromatic heterocycles. The van der Waals surface area contributed by atoms with Gasteiger partial charge in [0.05, 0.1) is 0 Å². The molecule has 1 aromatic rings. The third-order valence-corrected chi connectivity index (χ3v) is 4.37. The van der Waals surface area contributed by atoms with Gasteiger partial charge in [-0.1, -0.05) is 17.7 Å². The SMILES string of the molecule is Cc1cc(C)c(CNC(=O)NC2CC(CCO)C2)c(C)c1. The fourth-order valence-electron chi connectivity index (χ4n) is 3.17. The first-order valence-corrected chi connectivity index (χ1v) is 7.71. The number of benzene rings is 1. The molecule has 4 heteroatoms. The van der Waals surface area contributed by atoms with Crippen molar-refractivity contribution in [3.05, 3.63) is 34.4 Å². The molecule has 1 saturated carbocycles. The minimum atomic E-state index is -0.0955. The van der Waals surface area contributed by atoms with Crippen molar-refractivity contribution >= 4 is 6.03 Å². The number of aliphatic hydroxyl groups excluding tert-OH is 1. The fraction of sp³-hybridized carbons (Fsp3) is 0.588. The van der Waals surface area contributed by atoms with Crippen LogP contribution < -0.4 is 10.6 Å². The third kappa shape index (κ3) is 4.21. The van der Waals surface area contributed by atoms with Crippen LogP contribution in [-0.2, 0) is 6.54 Å². The summed E-state index contributed by atoms with van der Waals surface area (Å²) in [5.74, 6) is 0.571. The van der Waals surface area contributed by atoms with Gasteiger partial charge < -0.3 is 15.7 Å². The van der Waals surface area contributed by atoms with Crippen LogP contribution in [0.25, 0.3) is 0 Å². The minimum absolute atomic E-state index is 0.0955. The van der Waals surface area contributed by atoms with Crippen molar-refractivity contribution in [2.45, 2.75) is 52.6 Å². The number of carbonyl (C=O) groups is 1. The Kier molecular flexibility index (Phi) is 5.23. The first kappa shape index (κ1) is 15.8. The number of hydrogen-bond acceptors (Lipinski definition) is 2. The summed E-state index contributed by atoms with van der Waals surface area (Å²) in [6.07, 6.45) is 2.81. The standard InChI is InChI=1S/C17H26N2O2/c1-11-6-12(2)16(13(3)7-11)10-18-17(21)19-15-8-14(9-15)4-5-20/h6-7,14-15,20H,4-5,8-10H2,1-3H3,(H2,18,19,21). The molecule has 0 aliphatic heterocycles. The lowest BCUT2D eigenvalue weighted by Gasteiger charge is -2.35. The number of nitrogens with one attached hydrogen (secondary N) is 2. The second-order valence-electron chi connectivity index (χ2n) is 6.25. The van der Waals surface area contributed by atoms with E-state index in [0.29, 0.717) is 12.5 Å². The molecule has 1 aliphatic carbocycles. The Morgan fingerprint density at radius 1 is 1.24 bits per heavy atom. The van der Waals surface area contributed by atoms with E-state index in [1.165, 1.54) is 22.3 Å². The van der Waals surface area contributed by atoms with Crippen molar-refractivity contribution in [2.75, 3.05) is 6.61 Å². The van der Waals surface area contributed by atoms with Crippen molar-refractivity contribution < 1.29 is 9.90 Å². The molecule has 0 bridgehead atoms. The molecule has 1 fully saturated rings. The maximum absolute atomic E-state index is 11.9. The first-order valence-electron chi connectivity index (χ1n) is 7.71. The molecule has 4 nitrogen and oxygen atoms in total. The highest BCUT2D eigenvalue weighted by molar-refractivity contribution is 5.74. The number of amides is 2. The second-order valence-corrected chi connectivity index (χ2v) is 6.25. The zero-order valence-electron chi connectivity index (χ0n) is 13.2. The van der Waals surface area contributed by atoms with Crippen LogP contribution in [-0.4, -0.2) is 23.8 Å². The summed E-state index contributed by atoms with van der Waals surface area (Å²) >= 11 is 0. The van der Waals surface area contributed by atoms with Gasteiger partial charge in [-0.25, -0.2) is 4.79 Å². The molecular formula is C17H26N2O2. The third-order valence-electron chi connectivity index (χ3n) is 4.37. The quantitative estimate of drug-likeness (QED) is 0.780. The molecule has 0 unspecified atom stereocenters. The predicted molar refractivity (Wildman–Crippen MR) is 84.2 cm³/mol. The molecule has 1 aliphatic rings. The summed E-state index contributed by atoms with van der Waals surface area (Å²) in [7, 11) is 0. The molecular weight excluding hydrogens is 264 g/mol. The highest BCUT2D eigenvalue weighted by Gasteiger charge is 2.29. The second kappa shape index (κ2) is 6.94. The van der Waals surface area contributed by atoms with E-state index in [4.69, 9.17) is 5.11 Å². The molecule has 21 heavy (non-hydrogen) atoms. The van der Waals surface area contributed by atoms with Crippen molar-refractivity contribution in [2.24, 2.45) is 5.92 Å². The van der Waals surface area contributed by atoms with Gasteiger partial charge in [0.25, 0.3) is 0 Å². The van der Waals surface area contributed by atoms with Crippen LogP contribution in [0.5, 0.6) is 0 Å². The number of rotatable bonds is 5. The summed E-state index contributed by atoms with van der Waals surface area (Å²) < 4.78 is 0. The van der Waals surface area contributed by atoms with E-state index >= 15 is 0 Å². The highest BCUT2D eigenvalue weighted by atomic mass is 16.3. The lowest BCUT2D eigenvalue weighted by molar-refractivity contribution is 0.166. The Morgan fingerprint density at radius 3 is 2.43 bits per heavy atom. The summed E-state index contributed by atoms with van der Waals surface area (Å²) in [6, 6.07) is 4.46. The van der Waals surface area contributed by atoms with Crippen molar-refractivity contribution in [3.63, 3.8) is 0 Å². The lowest BCUT2D eigenvalue weighted by atomic mass is 9.78. The van der Waals surface area contributed by atoms with Crippen LogP contribution >= 0.6 is 0 Å². The maximum Gasteiger partial charge on any atom is 0.315 e. The maximum atomic E-state index is 11.9. The molecule has 0 radical (unpaired) electrons. The van der Waals surface area contributed by atoms with Crippen LogP contribution in [0.4, 0.5) is 4.79 Å². The van der Waals surface area contributed by atoms with Gasteiger partial charge in [-0.2, -0.15) is 0 Å². The number of carbonyl (C=O) groups excluding carboxylic acids is 1. The smallest absolute Gasteiger partial charge is 0.315 e. The molecule has 0 heterocycles. The van der Waals surface area contributed by atoms with Crippen LogP contribution in [0.15, 0.2) is 12.1 Å². The molecule has 2 amide bonds. The van der Waals surface area contributed by atoms with E-state index in [-0.39, 0.29) is 18.7 Å². The predicted octanol–water partition coefficient (Wildman–Crippen LogP) is 2.57. The normalized spacial score (nSPS) is 20.8. The van der Waals surface area contributed by atoms with Crippen molar-refractivity contribution in [1.82, 2.24) is 10.6 Å². The fourth-order valence-corrected chi connectivity index (χ4v) is 3.17. The Hall–Kier alpha value is -1.55. The molecule has 3 N–H and O–H groups in total. The van der Waals surface area contributed by atoms with Gasteiger partial charge in [-0.3, -0.25) is 0 Å². The topological polar surface area (TPSA) is 61.4 Å². The van der Waals surface area contributed by atoms with Crippen molar-refractivity contribution in [1.29, 1.82) is 0 Å². The summed E-state index contributed by atoms with van der Waals surface area (Å²) in [6.45, 7) is 7.07. The van der Waals surface area contributed by atoms with E-state index in [0.717, 1.165) is 19.3 Å². The van der Waals surface area contributed by atoms with E-state index in [1.54, 1.807) is 0 Å². The molecule has 1 aromatic carbocycles. The average molecular weight is 290 g/mol. The van der Waals surface area contributed by atoms with Crippen LogP contribution in [0.3, 0.4) is 0 Å². The first-order chi connectivity index (χ1) is 9.99. The molecule has 2 rings (SSSR count). The van der Waals surface area contributed by atoms with E-state index < -0.39 is 0 Å². The van der Waals surface area contributed by atoms with Crippen molar-refractivity contribution in [3.8, 4) is 0 Å². The number of urea groups is 1. The van der Waals surface area contributed by atoms with E-state index in [1.807, 2.05) is 0 Å². The summed E-state index contributed by atoms with van der Waals surface area (Å²) in [5, 5.41) is 14.8. The average Bonchev–Trinajstić information content (AvgIpc) is 2.35. The Labute approximate surface area is 126 Å². The number of aryl methyl sites for hydroxylation is 3. The number of aliphatic hydroxyl groups is 1. The van der Waals surface area contributed by atoms with Gasteiger partial charge in [0.1, 0.15) is 0 Å². The van der Waals surface area contributed by atoms with Gasteiger partial charge in [-0.15, -0.1) is 0 Å². The van der Waals surface area contributed by atoms with Gasteiger partial charge >= 0.3 is 6.03 Å². The van der Waals surface area contributed by atoms with Crippen LogP contribution in [0.2, 0.25) is 0 Å². The zero-order chi connectivity index (χ0) is 15.4.